The van der Waals surface area contributed by atoms with E-state index in [1.54, 1.807) is 0 Å². The van der Waals surface area contributed by atoms with E-state index in [-0.39, 0.29) is 25.7 Å². The van der Waals surface area contributed by atoms with Gasteiger partial charge in [0.05, 0.1) is 26.4 Å². The molecular weight excluding hydrogens is 1330 g/mol. The van der Waals surface area contributed by atoms with Crippen molar-refractivity contribution in [1.82, 2.24) is 0 Å². The highest BCUT2D eigenvalue weighted by atomic mass is 31.2. The number of aliphatic hydroxyl groups is 1. The van der Waals surface area contributed by atoms with Crippen LogP contribution in [0, 0.1) is 0 Å². The molecule has 19 heteroatoms. The number of phosphoric ester groups is 2. The van der Waals surface area contributed by atoms with Crippen molar-refractivity contribution in [2.75, 3.05) is 39.6 Å². The van der Waals surface area contributed by atoms with Crippen molar-refractivity contribution in [3.8, 4) is 0 Å². The minimum atomic E-state index is -4.99. The molecule has 0 aliphatic heterocycles. The van der Waals surface area contributed by atoms with Crippen molar-refractivity contribution < 1.29 is 80.2 Å². The van der Waals surface area contributed by atoms with Gasteiger partial charge in [-0.2, -0.15) is 0 Å². The number of ether oxygens (including phenoxy) is 4. The summed E-state index contributed by atoms with van der Waals surface area (Å²) in [6.07, 6.45) is 80.8. The first-order chi connectivity index (χ1) is 49.7. The maximum absolute atomic E-state index is 13.1. The van der Waals surface area contributed by atoms with E-state index in [1.807, 2.05) is 24.3 Å². The number of phosphoric acid groups is 2. The summed E-state index contributed by atoms with van der Waals surface area (Å²) < 4.78 is 68.5. The number of hydrogen-bond acceptors (Lipinski definition) is 15. The predicted molar refractivity (Wildman–Crippen MR) is 418 cm³/mol. The topological polar surface area (TPSA) is 237 Å². The fourth-order valence-corrected chi connectivity index (χ4v) is 12.1. The lowest BCUT2D eigenvalue weighted by Gasteiger charge is -2.21. The summed E-state index contributed by atoms with van der Waals surface area (Å²) in [7, 11) is -9.98. The molecule has 0 spiro atoms. The van der Waals surface area contributed by atoms with E-state index in [9.17, 15) is 43.2 Å². The van der Waals surface area contributed by atoms with Gasteiger partial charge in [-0.3, -0.25) is 37.3 Å². The fourth-order valence-electron chi connectivity index (χ4n) is 10.6. The third-order valence-electron chi connectivity index (χ3n) is 16.7. The minimum absolute atomic E-state index is 0.0721. The van der Waals surface area contributed by atoms with Crippen LogP contribution in [-0.4, -0.2) is 96.7 Å². The Morgan fingerprint density at radius 3 is 0.794 bits per heavy atom. The molecule has 0 fully saturated rings. The van der Waals surface area contributed by atoms with Crippen molar-refractivity contribution in [2.45, 2.75) is 354 Å². The molecular formula is C83H144O17P2. The monoisotopic (exact) mass is 1470 g/mol. The van der Waals surface area contributed by atoms with Crippen molar-refractivity contribution >= 4 is 39.5 Å². The molecule has 102 heavy (non-hydrogen) atoms. The Hall–Kier alpha value is -4.28. The fraction of sp³-hybridized carbons (Fsp3) is 0.735. The second kappa shape index (κ2) is 75.0. The van der Waals surface area contributed by atoms with Gasteiger partial charge in [-0.15, -0.1) is 0 Å². The minimum Gasteiger partial charge on any atom is -0.462 e. The number of carbonyl (C=O) groups is 4. The van der Waals surface area contributed by atoms with Crippen LogP contribution in [0.1, 0.15) is 336 Å². The van der Waals surface area contributed by atoms with E-state index in [2.05, 4.69) is 113 Å². The van der Waals surface area contributed by atoms with Crippen LogP contribution in [0.15, 0.2) is 109 Å². The molecule has 0 radical (unpaired) electrons. The van der Waals surface area contributed by atoms with Crippen molar-refractivity contribution in [2.24, 2.45) is 0 Å². The number of rotatable bonds is 75. The summed E-state index contributed by atoms with van der Waals surface area (Å²) in [6.45, 7) is 4.71. The van der Waals surface area contributed by atoms with Gasteiger partial charge in [0.1, 0.15) is 19.3 Å². The van der Waals surface area contributed by atoms with Crippen LogP contribution in [0.2, 0.25) is 0 Å². The van der Waals surface area contributed by atoms with Gasteiger partial charge in [0.15, 0.2) is 12.2 Å². The van der Waals surface area contributed by atoms with Crippen molar-refractivity contribution in [1.29, 1.82) is 0 Å². The molecule has 5 atom stereocenters. The van der Waals surface area contributed by atoms with E-state index in [1.165, 1.54) is 128 Å². The maximum atomic E-state index is 13.1. The van der Waals surface area contributed by atoms with E-state index in [4.69, 9.17) is 37.0 Å². The molecule has 0 aromatic heterocycles. The van der Waals surface area contributed by atoms with Gasteiger partial charge in [0.2, 0.25) is 0 Å². The third-order valence-corrected chi connectivity index (χ3v) is 18.6. The molecule has 0 saturated heterocycles. The standard InChI is InChI=1S/C83H144O17P2/c1-5-9-13-17-21-25-29-33-36-38-41-44-47-51-55-59-63-67-80(85)93-73-78(99-82(87)69-65-61-57-53-49-43-32-28-24-20-16-12-8-4)75-97-101(89,90)95-71-77(84)72-96-102(91,92)98-76-79(100-83(88)70-66-62-58-54-50-46-40-35-31-27-23-19-15-11-7-3)74-94-81(86)68-64-60-56-52-48-45-42-39-37-34-30-26-22-18-14-10-6-2/h21-22,25-26,33-37,40-42,44-45,51-52,55-56,77-79,84H,5-20,23-24,27-32,38-39,43,46-50,53-54,57-76H2,1-4H3,(H,89,90)(H,91,92)/b25-21-,26-22-,36-33-,37-34-,40-35-,44-41-,45-42-,55-51-,56-52-/t77-,78-,79-/m1/s1. The molecule has 588 valence electrons. The number of allylic oxidation sites excluding steroid dienone is 18. The Morgan fingerprint density at radius 2 is 0.490 bits per heavy atom. The summed E-state index contributed by atoms with van der Waals surface area (Å²) in [5.74, 6) is -2.30. The number of aliphatic hydroxyl groups excluding tert-OH is 1. The van der Waals surface area contributed by atoms with Crippen LogP contribution in [0.5, 0.6) is 0 Å². The maximum Gasteiger partial charge on any atom is 0.472 e. The smallest absolute Gasteiger partial charge is 0.462 e. The van der Waals surface area contributed by atoms with E-state index < -0.39 is 97.5 Å². The molecule has 0 aromatic rings. The molecule has 3 N–H and O–H groups in total. The number of carbonyl (C=O) groups excluding carboxylic acids is 4. The Labute approximate surface area is 619 Å². The highest BCUT2D eigenvalue weighted by molar-refractivity contribution is 7.47. The van der Waals surface area contributed by atoms with Crippen LogP contribution >= 0.6 is 15.6 Å². The predicted octanol–water partition coefficient (Wildman–Crippen LogP) is 23.3. The SMILES string of the molecule is CCCCC/C=C\C/C=C\C/C=C\C/C=C\CCCC(=O)OC[C@H](COP(=O)(O)OC[C@H](O)COP(=O)(O)OC[C@@H](COC(=O)CCC/C=C\C/C=C\C/C=C\C/C=C\CCCCC)OC(=O)CCCCCCCCCCCCCCC)OC(=O)CCCCCCC/C=C\CCCCCCCC. The number of hydrogen-bond donors (Lipinski definition) is 3. The summed E-state index contributed by atoms with van der Waals surface area (Å²) >= 11 is 0. The van der Waals surface area contributed by atoms with E-state index >= 15 is 0 Å². The van der Waals surface area contributed by atoms with E-state index in [0.29, 0.717) is 38.5 Å². The average molecular weight is 1480 g/mol. The van der Waals surface area contributed by atoms with Crippen LogP contribution in [-0.2, 0) is 65.4 Å². The molecule has 0 aliphatic rings. The van der Waals surface area contributed by atoms with Crippen LogP contribution in [0.25, 0.3) is 0 Å². The van der Waals surface area contributed by atoms with Gasteiger partial charge >= 0.3 is 39.5 Å². The van der Waals surface area contributed by atoms with E-state index in [0.717, 1.165) is 116 Å². The molecule has 0 rings (SSSR count). The van der Waals surface area contributed by atoms with Gasteiger partial charge in [0.25, 0.3) is 0 Å². The molecule has 17 nitrogen and oxygen atoms in total. The summed E-state index contributed by atoms with van der Waals surface area (Å²) in [6, 6.07) is 0. The average Bonchev–Trinajstić information content (AvgIpc) is 0.939. The number of unbranched alkanes of at least 4 members (excludes halogenated alkanes) is 31. The first-order valence-electron chi connectivity index (χ1n) is 40.1. The molecule has 0 bridgehead atoms. The molecule has 0 saturated carbocycles. The first kappa shape index (κ1) is 97.7. The summed E-state index contributed by atoms with van der Waals surface area (Å²) in [4.78, 5) is 72.9. The van der Waals surface area contributed by atoms with Crippen LogP contribution < -0.4 is 0 Å². The Morgan fingerprint density at radius 1 is 0.275 bits per heavy atom. The summed E-state index contributed by atoms with van der Waals surface area (Å²) in [5, 5.41) is 10.6. The molecule has 0 heterocycles. The molecule has 0 amide bonds. The normalized spacial score (nSPS) is 14.5. The van der Waals surface area contributed by atoms with Gasteiger partial charge < -0.3 is 33.8 Å². The van der Waals surface area contributed by atoms with Crippen LogP contribution in [0.3, 0.4) is 0 Å². The lowest BCUT2D eigenvalue weighted by atomic mass is 10.0. The van der Waals surface area contributed by atoms with Crippen LogP contribution in [0.4, 0.5) is 0 Å². The molecule has 2 unspecified atom stereocenters. The zero-order chi connectivity index (χ0) is 74.6. The zero-order valence-electron chi connectivity index (χ0n) is 64.3. The lowest BCUT2D eigenvalue weighted by Crippen LogP contribution is -2.30. The zero-order valence-corrected chi connectivity index (χ0v) is 66.0. The van der Waals surface area contributed by atoms with Gasteiger partial charge in [-0.05, 0) is 128 Å². The quantitative estimate of drug-likeness (QED) is 0.0169. The Kier molecular flexibility index (Phi) is 71.8. The highest BCUT2D eigenvalue weighted by Gasteiger charge is 2.30. The van der Waals surface area contributed by atoms with Gasteiger partial charge in [-0.1, -0.05) is 291 Å². The molecule has 0 aliphatic carbocycles. The largest absolute Gasteiger partial charge is 0.472 e. The van der Waals surface area contributed by atoms with Crippen molar-refractivity contribution in [3.63, 3.8) is 0 Å². The Bertz CT molecular complexity index is 2360. The Balaban J connectivity index is 5.44. The van der Waals surface area contributed by atoms with Gasteiger partial charge in [-0.25, -0.2) is 9.13 Å². The number of esters is 4. The second-order valence-electron chi connectivity index (χ2n) is 26.7. The lowest BCUT2D eigenvalue weighted by molar-refractivity contribution is -0.161. The summed E-state index contributed by atoms with van der Waals surface area (Å²) in [5.41, 5.74) is 0. The molecule has 0 aromatic carbocycles. The second-order valence-corrected chi connectivity index (χ2v) is 29.6. The van der Waals surface area contributed by atoms with Gasteiger partial charge in [0, 0.05) is 25.7 Å². The highest BCUT2D eigenvalue weighted by Crippen LogP contribution is 2.45. The van der Waals surface area contributed by atoms with Crippen molar-refractivity contribution in [3.05, 3.63) is 109 Å². The first-order valence-corrected chi connectivity index (χ1v) is 43.1. The third kappa shape index (κ3) is 74.0.